The minimum atomic E-state index is -4.13. The molecule has 2 aromatic carbocycles. The molecule has 254 valence electrons. The number of rotatable bonds is 6. The van der Waals surface area contributed by atoms with Crippen molar-refractivity contribution in [3.8, 4) is 24.1 Å². The Bertz CT molecular complexity index is 2040. The molecular weight excluding hydrogens is 685 g/mol. The highest BCUT2D eigenvalue weighted by Crippen LogP contribution is 2.41. The van der Waals surface area contributed by atoms with Crippen LogP contribution in [0, 0.1) is 25.1 Å². The number of aromatic nitrogens is 3. The fraction of sp³-hybridized carbons (Fsp3) is 0.258. The molecule has 0 radical (unpaired) electrons. The second-order valence-corrected chi connectivity index (χ2v) is 12.6. The average Bonchev–Trinajstić information content (AvgIpc) is 3.31. The number of hydrogen-bond acceptors (Lipinski definition) is 11. The molecule has 3 aliphatic rings. The van der Waals surface area contributed by atoms with Gasteiger partial charge in [0.1, 0.15) is 16.5 Å². The number of halogens is 2. The maximum absolute atomic E-state index is 14.7. The van der Waals surface area contributed by atoms with Gasteiger partial charge >= 0.3 is 12.0 Å². The first-order chi connectivity index (χ1) is 23.3. The quantitative estimate of drug-likeness (QED) is 0.282. The van der Waals surface area contributed by atoms with Gasteiger partial charge in [-0.2, -0.15) is 15.0 Å². The van der Waals surface area contributed by atoms with E-state index in [-0.39, 0.29) is 58.1 Å². The van der Waals surface area contributed by atoms with Gasteiger partial charge in [-0.15, -0.1) is 6.42 Å². The van der Waals surface area contributed by atoms with E-state index < -0.39 is 33.7 Å². The number of ether oxygens (including phenoxy) is 2. The first kappa shape index (κ1) is 34.7. The molecule has 18 heteroatoms. The van der Waals surface area contributed by atoms with Gasteiger partial charge in [0, 0.05) is 17.2 Å². The van der Waals surface area contributed by atoms with Crippen LogP contribution >= 0.6 is 11.6 Å². The van der Waals surface area contributed by atoms with Gasteiger partial charge in [0.25, 0.3) is 27.7 Å². The average molecular weight is 712 g/mol. The number of amides is 5. The molecule has 5 amide bonds. The van der Waals surface area contributed by atoms with E-state index >= 15 is 0 Å². The summed E-state index contributed by atoms with van der Waals surface area (Å²) in [4.78, 5) is 62.6. The lowest BCUT2D eigenvalue weighted by Gasteiger charge is -2.29. The highest BCUT2D eigenvalue weighted by molar-refractivity contribution is 7.90. The lowest BCUT2D eigenvalue weighted by atomic mass is 9.93. The first-order valence-electron chi connectivity index (χ1n) is 14.5. The number of anilines is 3. The van der Waals surface area contributed by atoms with Crippen LogP contribution < -0.4 is 29.3 Å². The smallest absolute Gasteiger partial charge is 0.335 e. The van der Waals surface area contributed by atoms with E-state index in [0.29, 0.717) is 29.8 Å². The maximum Gasteiger partial charge on any atom is 0.335 e. The molecule has 0 saturated heterocycles. The molecule has 0 saturated carbocycles. The molecule has 6 rings (SSSR count). The Morgan fingerprint density at radius 1 is 1.08 bits per heavy atom. The van der Waals surface area contributed by atoms with Gasteiger partial charge in [0.2, 0.25) is 5.95 Å². The summed E-state index contributed by atoms with van der Waals surface area (Å²) in [6.07, 6.45) is 8.01. The van der Waals surface area contributed by atoms with Crippen LogP contribution in [0.2, 0.25) is 5.02 Å². The van der Waals surface area contributed by atoms with E-state index in [1.807, 2.05) is 4.72 Å². The molecular formula is C31H27ClFN7O8S. The standard InChI is InChI=1S/C19H15FN2O4.C12H12ClN5O4S/c1-2-7-21-15-9-14(13(20)8-16(15)26-10-17(21)23)22-18(24)11-5-3-4-6-12(11)19(22)25;1-7-14-10(17-12(15-7)22-2)16-11(19)18-23(20,21)9-6-4-3-5-8(9)13/h1,8-9H,3-7,10H2;3-6H,1-2H3,(H2,14,15,16,17,18,19). The van der Waals surface area contributed by atoms with E-state index in [1.54, 1.807) is 13.0 Å². The third-order valence-electron chi connectivity index (χ3n) is 7.34. The van der Waals surface area contributed by atoms with Gasteiger partial charge in [0.05, 0.1) is 30.1 Å². The number of fused-ring (bicyclic) bond motifs is 1. The monoisotopic (exact) mass is 711 g/mol. The normalized spacial score (nSPS) is 15.4. The van der Waals surface area contributed by atoms with Crippen molar-refractivity contribution in [2.24, 2.45) is 0 Å². The number of urea groups is 1. The summed E-state index contributed by atoms with van der Waals surface area (Å²) in [5.41, 5.74) is 0.992. The number of nitrogens with one attached hydrogen (secondary N) is 2. The molecule has 0 atom stereocenters. The predicted molar refractivity (Wildman–Crippen MR) is 173 cm³/mol. The Hall–Kier alpha value is -5.60. The van der Waals surface area contributed by atoms with E-state index in [4.69, 9.17) is 27.5 Å². The van der Waals surface area contributed by atoms with Gasteiger partial charge in [-0.1, -0.05) is 29.7 Å². The van der Waals surface area contributed by atoms with Crippen LogP contribution in [0.1, 0.15) is 31.5 Å². The molecule has 15 nitrogen and oxygen atoms in total. The summed E-state index contributed by atoms with van der Waals surface area (Å²) in [7, 11) is -2.78. The molecule has 0 fully saturated rings. The Balaban J connectivity index is 0.000000193. The van der Waals surface area contributed by atoms with Gasteiger partial charge in [-0.3, -0.25) is 24.6 Å². The number of benzene rings is 2. The SMILES string of the molecule is C#CCN1C(=O)COc2cc(F)c(N3C(=O)C4=C(CCCC4)C3=O)cc21.COc1nc(C)nc(NC(=O)NS(=O)(=O)c2ccccc2Cl)n1. The lowest BCUT2D eigenvalue weighted by Crippen LogP contribution is -2.39. The maximum atomic E-state index is 14.7. The van der Waals surface area contributed by atoms with Crippen LogP contribution in [0.3, 0.4) is 0 Å². The van der Waals surface area contributed by atoms with Gasteiger partial charge in [-0.05, 0) is 50.8 Å². The van der Waals surface area contributed by atoms with Crippen molar-refractivity contribution in [3.63, 3.8) is 0 Å². The zero-order valence-electron chi connectivity index (χ0n) is 26.0. The summed E-state index contributed by atoms with van der Waals surface area (Å²) in [5.74, 6) is 0.547. The Labute approximate surface area is 284 Å². The summed E-state index contributed by atoms with van der Waals surface area (Å²) >= 11 is 5.81. The summed E-state index contributed by atoms with van der Waals surface area (Å²) in [6.45, 7) is 1.30. The van der Waals surface area contributed by atoms with Crippen molar-refractivity contribution in [3.05, 3.63) is 64.2 Å². The highest BCUT2D eigenvalue weighted by atomic mass is 35.5. The van der Waals surface area contributed by atoms with Crippen LogP contribution in [-0.2, 0) is 24.4 Å². The molecule has 2 aliphatic heterocycles. The van der Waals surface area contributed by atoms with Gasteiger partial charge in [-0.25, -0.2) is 27.2 Å². The van der Waals surface area contributed by atoms with Crippen molar-refractivity contribution in [2.75, 3.05) is 35.4 Å². The van der Waals surface area contributed by atoms with Crippen molar-refractivity contribution in [1.29, 1.82) is 0 Å². The third kappa shape index (κ3) is 7.29. The fourth-order valence-corrected chi connectivity index (χ4v) is 6.60. The Morgan fingerprint density at radius 2 is 1.76 bits per heavy atom. The van der Waals surface area contributed by atoms with Crippen LogP contribution in [-0.4, -0.2) is 67.4 Å². The lowest BCUT2D eigenvalue weighted by molar-refractivity contribution is -0.121. The van der Waals surface area contributed by atoms with E-state index in [1.165, 1.54) is 36.3 Å². The molecule has 0 spiro atoms. The van der Waals surface area contributed by atoms with Crippen molar-refractivity contribution < 1.29 is 41.5 Å². The van der Waals surface area contributed by atoms with Crippen molar-refractivity contribution in [2.45, 2.75) is 37.5 Å². The van der Waals surface area contributed by atoms with Crippen molar-refractivity contribution >= 4 is 62.7 Å². The van der Waals surface area contributed by atoms with Gasteiger partial charge < -0.3 is 9.47 Å². The number of terminal acetylenes is 1. The number of sulfonamides is 1. The predicted octanol–water partition coefficient (Wildman–Crippen LogP) is 3.28. The minimum Gasteiger partial charge on any atom is -0.481 e. The third-order valence-corrected chi connectivity index (χ3v) is 9.17. The molecule has 3 heterocycles. The number of hydrogen-bond donors (Lipinski definition) is 2. The molecule has 2 N–H and O–H groups in total. The Morgan fingerprint density at radius 3 is 2.39 bits per heavy atom. The van der Waals surface area contributed by atoms with Crippen LogP contribution in [0.15, 0.2) is 52.4 Å². The number of imide groups is 1. The van der Waals surface area contributed by atoms with Crippen LogP contribution in [0.4, 0.5) is 26.5 Å². The highest BCUT2D eigenvalue weighted by Gasteiger charge is 2.41. The number of carbonyl (C=O) groups is 4. The van der Waals surface area contributed by atoms with Crippen LogP contribution in [0.25, 0.3) is 0 Å². The van der Waals surface area contributed by atoms with Crippen molar-refractivity contribution in [1.82, 2.24) is 19.7 Å². The molecule has 49 heavy (non-hydrogen) atoms. The fourth-order valence-electron chi connectivity index (χ4n) is 5.18. The summed E-state index contributed by atoms with van der Waals surface area (Å²) < 4.78 is 50.8. The second-order valence-electron chi connectivity index (χ2n) is 10.5. The first-order valence-corrected chi connectivity index (χ1v) is 16.4. The molecule has 3 aromatic rings. The molecule has 0 bridgehead atoms. The number of nitrogens with zero attached hydrogens (tertiary/aromatic N) is 5. The summed E-state index contributed by atoms with van der Waals surface area (Å²) in [6, 6.07) is 7.04. The van der Waals surface area contributed by atoms with E-state index in [0.717, 1.165) is 23.8 Å². The van der Waals surface area contributed by atoms with E-state index in [9.17, 15) is 32.0 Å². The second kappa shape index (κ2) is 14.3. The topological polar surface area (TPSA) is 190 Å². The zero-order chi connectivity index (χ0) is 35.5. The van der Waals surface area contributed by atoms with Crippen LogP contribution in [0.5, 0.6) is 11.8 Å². The molecule has 1 aromatic heterocycles. The Kier molecular flexibility index (Phi) is 10.1. The van der Waals surface area contributed by atoms with E-state index in [2.05, 4.69) is 26.2 Å². The molecule has 1 aliphatic carbocycles. The number of methoxy groups -OCH3 is 1. The van der Waals surface area contributed by atoms with Gasteiger partial charge in [0.15, 0.2) is 12.4 Å². The molecule has 0 unspecified atom stereocenters. The zero-order valence-corrected chi connectivity index (χ0v) is 27.5. The largest absolute Gasteiger partial charge is 0.481 e. The minimum absolute atomic E-state index is 0.00882. The summed E-state index contributed by atoms with van der Waals surface area (Å²) in [5, 5.41) is 2.18. The number of carbonyl (C=O) groups excluding carboxylic acids is 4. The number of aryl methyl sites for hydroxylation is 1.